The molecular formula is C16H29N3OS. The molecule has 120 valence electrons. The van der Waals surface area contributed by atoms with Gasteiger partial charge in [0, 0.05) is 24.0 Å². The van der Waals surface area contributed by atoms with Gasteiger partial charge in [-0.15, -0.1) is 11.3 Å². The first-order valence-corrected chi connectivity index (χ1v) is 9.03. The summed E-state index contributed by atoms with van der Waals surface area (Å²) in [7, 11) is 0. The van der Waals surface area contributed by atoms with Gasteiger partial charge in [-0.05, 0) is 12.8 Å². The number of thiazole rings is 1. The van der Waals surface area contributed by atoms with Crippen molar-refractivity contribution >= 4 is 16.5 Å². The monoisotopic (exact) mass is 311 g/mol. The molecule has 0 amide bonds. The molecule has 1 aliphatic rings. The van der Waals surface area contributed by atoms with Crippen LogP contribution in [0, 0.1) is 0 Å². The van der Waals surface area contributed by atoms with Crippen molar-refractivity contribution < 1.29 is 4.74 Å². The average molecular weight is 311 g/mol. The summed E-state index contributed by atoms with van der Waals surface area (Å²) in [6.45, 7) is 12.4. The lowest BCUT2D eigenvalue weighted by molar-refractivity contribution is 0.0929. The first-order chi connectivity index (χ1) is 10.2. The standard InChI is InChI=1S/C16H29N3OS/c1-5-7-14-15(10-17-12(3)4)21-16(18-14)19-8-9-20-11-13(19)6-2/h12-13,17H,5-11H2,1-4H3. The molecule has 1 aromatic heterocycles. The molecule has 0 radical (unpaired) electrons. The van der Waals surface area contributed by atoms with Gasteiger partial charge in [0.15, 0.2) is 5.13 Å². The minimum Gasteiger partial charge on any atom is -0.377 e. The smallest absolute Gasteiger partial charge is 0.186 e. The Balaban J connectivity index is 2.16. The molecule has 5 heteroatoms. The molecule has 0 saturated carbocycles. The van der Waals surface area contributed by atoms with Crippen LogP contribution in [0.15, 0.2) is 0 Å². The van der Waals surface area contributed by atoms with E-state index in [0.29, 0.717) is 12.1 Å². The number of rotatable bonds is 7. The summed E-state index contributed by atoms with van der Waals surface area (Å²) in [5.74, 6) is 0. The quantitative estimate of drug-likeness (QED) is 0.839. The summed E-state index contributed by atoms with van der Waals surface area (Å²) in [4.78, 5) is 8.80. The Hall–Kier alpha value is -0.650. The van der Waals surface area contributed by atoms with E-state index in [-0.39, 0.29) is 0 Å². The highest BCUT2D eigenvalue weighted by molar-refractivity contribution is 7.15. The van der Waals surface area contributed by atoms with Crippen molar-refractivity contribution in [1.82, 2.24) is 10.3 Å². The molecule has 0 bridgehead atoms. The van der Waals surface area contributed by atoms with Crippen LogP contribution in [-0.2, 0) is 17.7 Å². The fourth-order valence-electron chi connectivity index (χ4n) is 2.60. The highest BCUT2D eigenvalue weighted by Crippen LogP contribution is 2.30. The Morgan fingerprint density at radius 2 is 2.24 bits per heavy atom. The van der Waals surface area contributed by atoms with Crippen LogP contribution in [0.2, 0.25) is 0 Å². The van der Waals surface area contributed by atoms with Gasteiger partial charge in [-0.25, -0.2) is 4.98 Å². The van der Waals surface area contributed by atoms with Crippen LogP contribution >= 0.6 is 11.3 Å². The number of nitrogens with one attached hydrogen (secondary N) is 1. The Labute approximate surface area is 132 Å². The minimum absolute atomic E-state index is 0.477. The summed E-state index contributed by atoms with van der Waals surface area (Å²) in [5, 5.41) is 4.72. The summed E-state index contributed by atoms with van der Waals surface area (Å²) in [5.41, 5.74) is 1.28. The molecule has 1 atom stereocenters. The second-order valence-electron chi connectivity index (χ2n) is 5.98. The first-order valence-electron chi connectivity index (χ1n) is 8.22. The van der Waals surface area contributed by atoms with E-state index >= 15 is 0 Å². The maximum absolute atomic E-state index is 5.61. The molecule has 0 aromatic carbocycles. The van der Waals surface area contributed by atoms with Gasteiger partial charge in [0.05, 0.1) is 24.9 Å². The normalized spacial score (nSPS) is 19.5. The molecule has 2 rings (SSSR count). The van der Waals surface area contributed by atoms with Crippen LogP contribution in [0.25, 0.3) is 0 Å². The van der Waals surface area contributed by atoms with Crippen molar-refractivity contribution in [3.8, 4) is 0 Å². The van der Waals surface area contributed by atoms with Crippen molar-refractivity contribution in [2.24, 2.45) is 0 Å². The third kappa shape index (κ3) is 4.41. The second-order valence-corrected chi connectivity index (χ2v) is 7.04. The number of ether oxygens (including phenoxy) is 1. The SMILES string of the molecule is CCCc1nc(N2CCOCC2CC)sc1CNC(C)C. The Kier molecular flexibility index (Phi) is 6.45. The van der Waals surface area contributed by atoms with Crippen LogP contribution in [0.5, 0.6) is 0 Å². The van der Waals surface area contributed by atoms with Gasteiger partial charge in [0.1, 0.15) is 0 Å². The van der Waals surface area contributed by atoms with Gasteiger partial charge in [0.2, 0.25) is 0 Å². The third-order valence-corrected chi connectivity index (χ3v) is 5.00. The Morgan fingerprint density at radius 3 is 2.90 bits per heavy atom. The predicted octanol–water partition coefficient (Wildman–Crippen LogP) is 3.21. The Bertz CT molecular complexity index is 433. The van der Waals surface area contributed by atoms with Gasteiger partial charge >= 0.3 is 0 Å². The molecule has 1 unspecified atom stereocenters. The van der Waals surface area contributed by atoms with Crippen LogP contribution in [0.3, 0.4) is 0 Å². The zero-order valence-electron chi connectivity index (χ0n) is 13.8. The fraction of sp³-hybridized carbons (Fsp3) is 0.812. The van der Waals surface area contributed by atoms with Crippen molar-refractivity contribution in [3.63, 3.8) is 0 Å². The lowest BCUT2D eigenvalue weighted by Gasteiger charge is -2.34. The number of hydrogen-bond donors (Lipinski definition) is 1. The third-order valence-electron chi connectivity index (χ3n) is 3.87. The van der Waals surface area contributed by atoms with Crippen LogP contribution < -0.4 is 10.2 Å². The lowest BCUT2D eigenvalue weighted by atomic mass is 10.2. The van der Waals surface area contributed by atoms with Crippen molar-refractivity contribution in [1.29, 1.82) is 0 Å². The van der Waals surface area contributed by atoms with Crippen molar-refractivity contribution in [2.45, 2.75) is 65.6 Å². The zero-order valence-corrected chi connectivity index (χ0v) is 14.6. The van der Waals surface area contributed by atoms with Gasteiger partial charge in [0.25, 0.3) is 0 Å². The molecule has 1 aromatic rings. The van der Waals surface area contributed by atoms with Crippen LogP contribution in [0.4, 0.5) is 5.13 Å². The van der Waals surface area contributed by atoms with E-state index in [0.717, 1.165) is 45.6 Å². The molecule has 21 heavy (non-hydrogen) atoms. The summed E-state index contributed by atoms with van der Waals surface area (Å²) in [6.07, 6.45) is 3.34. The molecule has 1 N–H and O–H groups in total. The molecule has 1 saturated heterocycles. The number of aromatic nitrogens is 1. The first kappa shape index (κ1) is 16.7. The largest absolute Gasteiger partial charge is 0.377 e. The second kappa shape index (κ2) is 8.11. The van der Waals surface area contributed by atoms with E-state index < -0.39 is 0 Å². The molecule has 2 heterocycles. The maximum Gasteiger partial charge on any atom is 0.186 e. The molecular weight excluding hydrogens is 282 g/mol. The summed E-state index contributed by atoms with van der Waals surface area (Å²) >= 11 is 1.86. The highest BCUT2D eigenvalue weighted by atomic mass is 32.1. The topological polar surface area (TPSA) is 37.4 Å². The number of nitrogens with zero attached hydrogens (tertiary/aromatic N) is 2. The molecule has 0 spiro atoms. The van der Waals surface area contributed by atoms with E-state index in [1.165, 1.54) is 15.7 Å². The number of morpholine rings is 1. The average Bonchev–Trinajstić information content (AvgIpc) is 2.88. The number of hydrogen-bond acceptors (Lipinski definition) is 5. The summed E-state index contributed by atoms with van der Waals surface area (Å²) < 4.78 is 5.61. The molecule has 1 aliphatic heterocycles. The van der Waals surface area contributed by atoms with Gasteiger partial charge in [-0.1, -0.05) is 34.1 Å². The Morgan fingerprint density at radius 1 is 1.43 bits per heavy atom. The van der Waals surface area contributed by atoms with Gasteiger partial charge in [-0.2, -0.15) is 0 Å². The van der Waals surface area contributed by atoms with E-state index in [4.69, 9.17) is 9.72 Å². The molecule has 1 fully saturated rings. The zero-order chi connectivity index (χ0) is 15.2. The minimum atomic E-state index is 0.477. The van der Waals surface area contributed by atoms with Crippen molar-refractivity contribution in [3.05, 3.63) is 10.6 Å². The maximum atomic E-state index is 5.61. The lowest BCUT2D eigenvalue weighted by Crippen LogP contribution is -2.45. The van der Waals surface area contributed by atoms with E-state index in [1.807, 2.05) is 11.3 Å². The molecule has 0 aliphatic carbocycles. The van der Waals surface area contributed by atoms with Crippen LogP contribution in [-0.4, -0.2) is 36.8 Å². The van der Waals surface area contributed by atoms with E-state index in [1.54, 1.807) is 0 Å². The van der Waals surface area contributed by atoms with Crippen molar-refractivity contribution in [2.75, 3.05) is 24.7 Å². The predicted molar refractivity (Wildman–Crippen MR) is 90.3 cm³/mol. The summed E-state index contributed by atoms with van der Waals surface area (Å²) in [6, 6.07) is 0.988. The van der Waals surface area contributed by atoms with Crippen LogP contribution in [0.1, 0.15) is 51.1 Å². The number of anilines is 1. The van der Waals surface area contributed by atoms with E-state index in [2.05, 4.69) is 37.9 Å². The van der Waals surface area contributed by atoms with Gasteiger partial charge in [-0.3, -0.25) is 0 Å². The van der Waals surface area contributed by atoms with E-state index in [9.17, 15) is 0 Å². The highest BCUT2D eigenvalue weighted by Gasteiger charge is 2.25. The number of aryl methyl sites for hydroxylation is 1. The fourth-order valence-corrected chi connectivity index (χ4v) is 3.76. The molecule has 4 nitrogen and oxygen atoms in total. The van der Waals surface area contributed by atoms with Gasteiger partial charge < -0.3 is 15.0 Å².